The topological polar surface area (TPSA) is 69.4 Å². The first kappa shape index (κ1) is 14.9. The molecule has 0 aromatic carbocycles. The maximum absolute atomic E-state index is 10.9. The highest BCUT2D eigenvalue weighted by Crippen LogP contribution is 2.16. The van der Waals surface area contributed by atoms with Gasteiger partial charge in [-0.1, -0.05) is 20.3 Å². The largest absolute Gasteiger partial charge is 0.375 e. The highest BCUT2D eigenvalue weighted by Gasteiger charge is 2.20. The van der Waals surface area contributed by atoms with Gasteiger partial charge in [0.1, 0.15) is 0 Å². The Kier molecular flexibility index (Phi) is 5.77. The smallest absolute Gasteiger partial charge is 0.209 e. The number of rotatable bonds is 7. The predicted molar refractivity (Wildman–Crippen MR) is 62.1 cm³/mol. The minimum Gasteiger partial charge on any atom is -0.375 e. The first-order chi connectivity index (χ1) is 6.70. The van der Waals surface area contributed by atoms with E-state index in [2.05, 4.69) is 0 Å². The predicted octanol–water partition coefficient (Wildman–Crippen LogP) is 1.51. The third kappa shape index (κ3) is 7.76. The normalized spacial score (nSPS) is 15.3. The maximum atomic E-state index is 10.9. The molecule has 1 unspecified atom stereocenters. The molecule has 5 heteroatoms. The summed E-state index contributed by atoms with van der Waals surface area (Å²) in [5, 5.41) is 5.00. The fourth-order valence-corrected chi connectivity index (χ4v) is 2.05. The van der Waals surface area contributed by atoms with E-state index in [4.69, 9.17) is 9.88 Å². The van der Waals surface area contributed by atoms with Gasteiger partial charge in [-0.25, -0.2) is 13.6 Å². The third-order valence-electron chi connectivity index (χ3n) is 2.61. The molecule has 0 amide bonds. The Hall–Kier alpha value is -0.130. The van der Waals surface area contributed by atoms with Crippen LogP contribution in [0.5, 0.6) is 0 Å². The van der Waals surface area contributed by atoms with Gasteiger partial charge >= 0.3 is 0 Å². The molecule has 0 aromatic rings. The maximum Gasteiger partial charge on any atom is 0.209 e. The van der Waals surface area contributed by atoms with E-state index in [1.807, 2.05) is 27.7 Å². The number of hydrogen-bond acceptors (Lipinski definition) is 3. The van der Waals surface area contributed by atoms with Crippen molar-refractivity contribution < 1.29 is 13.2 Å². The fourth-order valence-electron chi connectivity index (χ4n) is 1.06. The van der Waals surface area contributed by atoms with E-state index in [1.165, 1.54) is 0 Å². The van der Waals surface area contributed by atoms with Gasteiger partial charge in [0.2, 0.25) is 10.0 Å². The molecule has 92 valence electrons. The van der Waals surface area contributed by atoms with Gasteiger partial charge in [0, 0.05) is 0 Å². The monoisotopic (exact) mass is 237 g/mol. The van der Waals surface area contributed by atoms with Crippen molar-refractivity contribution in [2.24, 2.45) is 11.1 Å². The van der Waals surface area contributed by atoms with Crippen LogP contribution >= 0.6 is 0 Å². The van der Waals surface area contributed by atoms with Crippen molar-refractivity contribution in [2.75, 3.05) is 12.4 Å². The number of ether oxygens (including phenoxy) is 1. The molecular formula is C10H23NO3S. The van der Waals surface area contributed by atoms with Gasteiger partial charge in [0.25, 0.3) is 0 Å². The molecule has 2 N–H and O–H groups in total. The van der Waals surface area contributed by atoms with Crippen LogP contribution in [0, 0.1) is 5.92 Å². The molecule has 0 aliphatic rings. The van der Waals surface area contributed by atoms with Crippen molar-refractivity contribution >= 4 is 10.0 Å². The number of hydrogen-bond donors (Lipinski definition) is 1. The summed E-state index contributed by atoms with van der Waals surface area (Å²) in [4.78, 5) is 0. The van der Waals surface area contributed by atoms with Crippen LogP contribution in [0.3, 0.4) is 0 Å². The van der Waals surface area contributed by atoms with Crippen molar-refractivity contribution in [1.29, 1.82) is 0 Å². The quantitative estimate of drug-likeness (QED) is 0.729. The van der Waals surface area contributed by atoms with Crippen LogP contribution < -0.4 is 5.14 Å². The standard InChI is InChI=1S/C10H23NO3S/c1-5-9(8-15(11,12)13)7-14-10(3,4)6-2/h9H,5-8H2,1-4H3,(H2,11,12,13). The van der Waals surface area contributed by atoms with Crippen LogP contribution in [-0.4, -0.2) is 26.4 Å². The molecule has 0 rings (SSSR count). The lowest BCUT2D eigenvalue weighted by Gasteiger charge is -2.26. The van der Waals surface area contributed by atoms with E-state index in [-0.39, 0.29) is 17.3 Å². The van der Waals surface area contributed by atoms with Crippen LogP contribution in [0.25, 0.3) is 0 Å². The van der Waals surface area contributed by atoms with Crippen molar-refractivity contribution in [3.63, 3.8) is 0 Å². The molecule has 15 heavy (non-hydrogen) atoms. The summed E-state index contributed by atoms with van der Waals surface area (Å²) in [6.45, 7) is 8.43. The first-order valence-corrected chi connectivity index (χ1v) is 7.06. The Bertz CT molecular complexity index is 272. The van der Waals surface area contributed by atoms with E-state index in [1.54, 1.807) is 0 Å². The van der Waals surface area contributed by atoms with E-state index >= 15 is 0 Å². The number of nitrogens with two attached hydrogens (primary N) is 1. The van der Waals surface area contributed by atoms with Gasteiger partial charge in [0.15, 0.2) is 0 Å². The van der Waals surface area contributed by atoms with Crippen molar-refractivity contribution in [3.05, 3.63) is 0 Å². The summed E-state index contributed by atoms with van der Waals surface area (Å²) in [6, 6.07) is 0. The Morgan fingerprint density at radius 1 is 1.33 bits per heavy atom. The Morgan fingerprint density at radius 2 is 1.87 bits per heavy atom. The summed E-state index contributed by atoms with van der Waals surface area (Å²) in [5.74, 6) is -0.00523. The molecule has 1 atom stereocenters. The average Bonchev–Trinajstić information content (AvgIpc) is 2.10. The molecule has 0 bridgehead atoms. The number of sulfonamides is 1. The van der Waals surface area contributed by atoms with E-state index in [0.717, 1.165) is 12.8 Å². The van der Waals surface area contributed by atoms with Gasteiger partial charge in [-0.15, -0.1) is 0 Å². The van der Waals surface area contributed by atoms with E-state index < -0.39 is 10.0 Å². The highest BCUT2D eigenvalue weighted by atomic mass is 32.2. The van der Waals surface area contributed by atoms with Crippen LogP contribution in [0.2, 0.25) is 0 Å². The van der Waals surface area contributed by atoms with Crippen LogP contribution in [0.4, 0.5) is 0 Å². The van der Waals surface area contributed by atoms with Crippen molar-refractivity contribution in [3.8, 4) is 0 Å². The van der Waals surface area contributed by atoms with Gasteiger partial charge in [0.05, 0.1) is 18.0 Å². The van der Waals surface area contributed by atoms with Crippen LogP contribution in [0.1, 0.15) is 40.5 Å². The minimum absolute atomic E-state index is 0.00327. The molecule has 0 saturated heterocycles. The molecule has 0 fully saturated rings. The molecule has 0 aliphatic carbocycles. The van der Waals surface area contributed by atoms with Gasteiger partial charge in [-0.2, -0.15) is 0 Å². The van der Waals surface area contributed by atoms with Gasteiger partial charge in [-0.3, -0.25) is 0 Å². The molecule has 0 aliphatic heterocycles. The summed E-state index contributed by atoms with van der Waals surface area (Å²) in [6.07, 6.45) is 1.66. The Labute approximate surface area is 93.2 Å². The lowest BCUT2D eigenvalue weighted by atomic mass is 10.1. The Balaban J connectivity index is 4.13. The van der Waals surface area contributed by atoms with Gasteiger partial charge < -0.3 is 4.74 Å². The molecule has 0 saturated carbocycles. The molecular weight excluding hydrogens is 214 g/mol. The Morgan fingerprint density at radius 3 is 2.20 bits per heavy atom. The summed E-state index contributed by atoms with van der Waals surface area (Å²) in [5.41, 5.74) is -0.189. The SMILES string of the molecule is CCC(COC(C)(C)CC)CS(N)(=O)=O. The van der Waals surface area contributed by atoms with E-state index in [9.17, 15) is 8.42 Å². The third-order valence-corrected chi connectivity index (χ3v) is 3.54. The van der Waals surface area contributed by atoms with Crippen molar-refractivity contribution in [1.82, 2.24) is 0 Å². The lowest BCUT2D eigenvalue weighted by molar-refractivity contribution is -0.0350. The number of primary sulfonamides is 1. The van der Waals surface area contributed by atoms with Crippen LogP contribution in [0.15, 0.2) is 0 Å². The van der Waals surface area contributed by atoms with E-state index in [0.29, 0.717) is 6.61 Å². The molecule has 0 aromatic heterocycles. The van der Waals surface area contributed by atoms with Crippen LogP contribution in [-0.2, 0) is 14.8 Å². The summed E-state index contributed by atoms with van der Waals surface area (Å²) >= 11 is 0. The summed E-state index contributed by atoms with van der Waals surface area (Å²) < 4.78 is 27.5. The molecule has 4 nitrogen and oxygen atoms in total. The zero-order valence-corrected chi connectivity index (χ0v) is 10.9. The fraction of sp³-hybridized carbons (Fsp3) is 1.00. The average molecular weight is 237 g/mol. The first-order valence-electron chi connectivity index (χ1n) is 5.34. The molecule has 0 radical (unpaired) electrons. The lowest BCUT2D eigenvalue weighted by Crippen LogP contribution is -2.30. The second-order valence-electron chi connectivity index (χ2n) is 4.53. The molecule has 0 heterocycles. The molecule has 0 spiro atoms. The zero-order chi connectivity index (χ0) is 12.1. The van der Waals surface area contributed by atoms with Gasteiger partial charge in [-0.05, 0) is 26.2 Å². The highest BCUT2D eigenvalue weighted by molar-refractivity contribution is 7.89. The second-order valence-corrected chi connectivity index (χ2v) is 6.19. The minimum atomic E-state index is -3.39. The zero-order valence-electron chi connectivity index (χ0n) is 10.1. The summed E-state index contributed by atoms with van der Waals surface area (Å²) in [7, 11) is -3.39. The van der Waals surface area contributed by atoms with Crippen molar-refractivity contribution in [2.45, 2.75) is 46.1 Å². The second kappa shape index (κ2) is 5.82.